The van der Waals surface area contributed by atoms with Crippen molar-refractivity contribution in [2.45, 2.75) is 33.4 Å². The van der Waals surface area contributed by atoms with Gasteiger partial charge in [-0.3, -0.25) is 4.79 Å². The Kier molecular flexibility index (Phi) is 7.41. The van der Waals surface area contributed by atoms with Gasteiger partial charge in [-0.1, -0.05) is 53.1 Å². The van der Waals surface area contributed by atoms with Crippen LogP contribution in [-0.4, -0.2) is 32.7 Å². The number of fused-ring (bicyclic) bond motifs is 1. The van der Waals surface area contributed by atoms with Crippen LogP contribution in [0.2, 0.25) is 0 Å². The molecule has 194 valence electrons. The number of hydrogen-bond acceptors (Lipinski definition) is 7. The lowest BCUT2D eigenvalue weighted by atomic mass is 9.94. The molecule has 0 radical (unpaired) electrons. The molecule has 5 rings (SSSR count). The molecule has 10 heteroatoms. The molecule has 0 spiro atoms. The zero-order valence-electron chi connectivity index (χ0n) is 21.2. The third-order valence-electron chi connectivity index (χ3n) is 6.14. The Morgan fingerprint density at radius 1 is 1.08 bits per heavy atom. The summed E-state index contributed by atoms with van der Waals surface area (Å²) in [5, 5.41) is 18.3. The number of ether oxygens (including phenoxy) is 2. The molecule has 1 aliphatic rings. The first-order chi connectivity index (χ1) is 18.4. The molecular formula is C28H27BrN6O3. The minimum atomic E-state index is -0.606. The zero-order valence-corrected chi connectivity index (χ0v) is 22.8. The number of aryl methyl sites for hydroxylation is 1. The predicted octanol–water partition coefficient (Wildman–Crippen LogP) is 5.65. The Morgan fingerprint density at radius 3 is 2.58 bits per heavy atom. The molecule has 4 aromatic rings. The maximum absolute atomic E-state index is 13.6. The van der Waals surface area contributed by atoms with Gasteiger partial charge in [0.05, 0.1) is 16.7 Å². The Labute approximate surface area is 229 Å². The van der Waals surface area contributed by atoms with Crippen LogP contribution in [0.3, 0.4) is 0 Å². The van der Waals surface area contributed by atoms with Crippen molar-refractivity contribution in [3.8, 4) is 11.5 Å². The maximum Gasteiger partial charge on any atom is 0.255 e. The third kappa shape index (κ3) is 5.26. The number of tetrazole rings is 1. The van der Waals surface area contributed by atoms with Crippen LogP contribution in [0, 0.1) is 6.92 Å². The van der Waals surface area contributed by atoms with E-state index in [-0.39, 0.29) is 5.91 Å². The number of allylic oxidation sites excluding steroid dienone is 1. The van der Waals surface area contributed by atoms with Gasteiger partial charge in [-0.25, -0.2) is 0 Å². The summed E-state index contributed by atoms with van der Waals surface area (Å²) in [7, 11) is 0. The van der Waals surface area contributed by atoms with Crippen molar-refractivity contribution in [3.63, 3.8) is 0 Å². The summed E-state index contributed by atoms with van der Waals surface area (Å²) in [6, 6.07) is 20.8. The van der Waals surface area contributed by atoms with Gasteiger partial charge in [0.1, 0.15) is 12.6 Å². The van der Waals surface area contributed by atoms with Gasteiger partial charge in [-0.05, 0) is 82.5 Å². The van der Waals surface area contributed by atoms with Crippen molar-refractivity contribution in [1.29, 1.82) is 0 Å². The van der Waals surface area contributed by atoms with E-state index in [0.29, 0.717) is 52.1 Å². The molecule has 0 saturated heterocycles. The van der Waals surface area contributed by atoms with Crippen molar-refractivity contribution in [2.24, 2.45) is 0 Å². The fraction of sp³-hybridized carbons (Fsp3) is 0.214. The van der Waals surface area contributed by atoms with Crippen LogP contribution in [0.5, 0.6) is 11.5 Å². The Bertz CT molecular complexity index is 1480. The molecule has 0 saturated carbocycles. The molecule has 2 N–H and O–H groups in total. The van der Waals surface area contributed by atoms with Crippen LogP contribution in [0.4, 0.5) is 11.6 Å². The molecule has 1 atom stereocenters. The number of hydrogen-bond donors (Lipinski definition) is 2. The number of rotatable bonds is 8. The smallest absolute Gasteiger partial charge is 0.255 e. The average molecular weight is 575 g/mol. The van der Waals surface area contributed by atoms with E-state index in [2.05, 4.69) is 42.1 Å². The second kappa shape index (κ2) is 11.1. The summed E-state index contributed by atoms with van der Waals surface area (Å²) in [6.45, 7) is 6.57. The minimum absolute atomic E-state index is 0.261. The number of benzene rings is 3. The molecule has 1 unspecified atom stereocenters. The van der Waals surface area contributed by atoms with Gasteiger partial charge in [0.25, 0.3) is 5.91 Å². The summed E-state index contributed by atoms with van der Waals surface area (Å²) in [4.78, 5) is 13.6. The van der Waals surface area contributed by atoms with E-state index in [1.54, 1.807) is 4.68 Å². The van der Waals surface area contributed by atoms with Gasteiger partial charge < -0.3 is 20.1 Å². The largest absolute Gasteiger partial charge is 0.490 e. The van der Waals surface area contributed by atoms with Gasteiger partial charge in [-0.15, -0.1) is 0 Å². The van der Waals surface area contributed by atoms with E-state index in [0.717, 1.165) is 16.7 Å². The minimum Gasteiger partial charge on any atom is -0.490 e. The summed E-state index contributed by atoms with van der Waals surface area (Å²) >= 11 is 3.67. The first-order valence-corrected chi connectivity index (χ1v) is 13.0. The van der Waals surface area contributed by atoms with E-state index in [4.69, 9.17) is 9.47 Å². The maximum atomic E-state index is 13.6. The van der Waals surface area contributed by atoms with E-state index in [1.165, 1.54) is 0 Å². The molecule has 9 nitrogen and oxygen atoms in total. The van der Waals surface area contributed by atoms with Gasteiger partial charge in [0.2, 0.25) is 5.95 Å². The molecule has 38 heavy (non-hydrogen) atoms. The molecule has 0 bridgehead atoms. The van der Waals surface area contributed by atoms with E-state index < -0.39 is 6.04 Å². The number of halogens is 1. The second-order valence-corrected chi connectivity index (χ2v) is 9.73. The third-order valence-corrected chi connectivity index (χ3v) is 6.73. The van der Waals surface area contributed by atoms with E-state index >= 15 is 0 Å². The normalized spacial score (nSPS) is 14.5. The Hall–Kier alpha value is -4.18. The van der Waals surface area contributed by atoms with Crippen LogP contribution in [0.1, 0.15) is 36.6 Å². The Balaban J connectivity index is 1.53. The molecule has 1 amide bonds. The van der Waals surface area contributed by atoms with Gasteiger partial charge in [0.15, 0.2) is 11.5 Å². The van der Waals surface area contributed by atoms with Crippen molar-refractivity contribution < 1.29 is 14.3 Å². The van der Waals surface area contributed by atoms with Gasteiger partial charge in [0, 0.05) is 11.4 Å². The lowest BCUT2D eigenvalue weighted by molar-refractivity contribution is -0.113. The number of nitrogens with zero attached hydrogens (tertiary/aromatic N) is 4. The van der Waals surface area contributed by atoms with Crippen LogP contribution in [-0.2, 0) is 11.4 Å². The number of aromatic nitrogens is 4. The molecule has 1 aliphatic heterocycles. The van der Waals surface area contributed by atoms with Crippen molar-refractivity contribution in [3.05, 3.63) is 99.2 Å². The topological polar surface area (TPSA) is 103 Å². The lowest BCUT2D eigenvalue weighted by Gasteiger charge is -2.28. The van der Waals surface area contributed by atoms with Gasteiger partial charge in [-0.2, -0.15) is 4.68 Å². The van der Waals surface area contributed by atoms with Crippen molar-refractivity contribution >= 4 is 33.5 Å². The van der Waals surface area contributed by atoms with E-state index in [1.807, 2.05) is 87.5 Å². The summed E-state index contributed by atoms with van der Waals surface area (Å²) in [6.07, 6.45) is 0. The first-order valence-electron chi connectivity index (χ1n) is 12.2. The van der Waals surface area contributed by atoms with Gasteiger partial charge >= 0.3 is 0 Å². The number of carbonyl (C=O) groups is 1. The van der Waals surface area contributed by atoms with Crippen LogP contribution in [0.25, 0.3) is 0 Å². The lowest BCUT2D eigenvalue weighted by Crippen LogP contribution is -2.31. The monoisotopic (exact) mass is 574 g/mol. The highest BCUT2D eigenvalue weighted by Crippen LogP contribution is 2.43. The summed E-state index contributed by atoms with van der Waals surface area (Å²) < 4.78 is 14.4. The number of carbonyl (C=O) groups excluding carboxylic acids is 1. The highest BCUT2D eigenvalue weighted by atomic mass is 79.9. The quantitative estimate of drug-likeness (QED) is 0.280. The SMILES string of the molecule is CCOc1cc(C2C(C(=O)Nc3ccc(C)cc3)=C(C)Nc3nnnn32)cc(Br)c1OCc1ccccc1. The fourth-order valence-electron chi connectivity index (χ4n) is 4.33. The highest BCUT2D eigenvalue weighted by Gasteiger charge is 2.35. The summed E-state index contributed by atoms with van der Waals surface area (Å²) in [5.74, 6) is 1.31. The summed E-state index contributed by atoms with van der Waals surface area (Å²) in [5.41, 5.74) is 4.74. The fourth-order valence-corrected chi connectivity index (χ4v) is 4.90. The molecule has 0 fully saturated rings. The highest BCUT2D eigenvalue weighted by molar-refractivity contribution is 9.10. The average Bonchev–Trinajstić information content (AvgIpc) is 3.37. The molecular weight excluding hydrogens is 548 g/mol. The van der Waals surface area contributed by atoms with Crippen LogP contribution < -0.4 is 20.1 Å². The predicted molar refractivity (Wildman–Crippen MR) is 148 cm³/mol. The molecule has 1 aromatic heterocycles. The Morgan fingerprint density at radius 2 is 1.84 bits per heavy atom. The first kappa shape index (κ1) is 25.5. The number of anilines is 2. The number of amides is 1. The van der Waals surface area contributed by atoms with E-state index in [9.17, 15) is 4.79 Å². The molecule has 2 heterocycles. The van der Waals surface area contributed by atoms with Crippen molar-refractivity contribution in [2.75, 3.05) is 17.2 Å². The van der Waals surface area contributed by atoms with Crippen LogP contribution >= 0.6 is 15.9 Å². The molecule has 3 aromatic carbocycles. The number of nitrogens with one attached hydrogen (secondary N) is 2. The standard InChI is InChI=1S/C28H27BrN6O3/c1-4-37-23-15-20(14-22(29)26(23)38-16-19-8-6-5-7-9-19)25-24(18(3)30-28-32-33-34-35(25)28)27(36)31-21-12-10-17(2)11-13-21/h5-15,25H,4,16H2,1-3H3,(H,31,36)(H,30,32,34). The van der Waals surface area contributed by atoms with Crippen LogP contribution in [0.15, 0.2) is 82.5 Å². The van der Waals surface area contributed by atoms with Crippen molar-refractivity contribution in [1.82, 2.24) is 20.2 Å². The molecule has 0 aliphatic carbocycles. The zero-order chi connectivity index (χ0) is 26.6. The second-order valence-electron chi connectivity index (χ2n) is 8.87.